The van der Waals surface area contributed by atoms with Gasteiger partial charge in [-0.15, -0.1) is 0 Å². The van der Waals surface area contributed by atoms with Crippen LogP contribution in [-0.4, -0.2) is 158 Å². The van der Waals surface area contributed by atoms with Crippen LogP contribution in [0.2, 0.25) is 0 Å². The number of hydrogen-bond donors (Lipinski definition) is 4. The van der Waals surface area contributed by atoms with Crippen LogP contribution in [-0.2, 0) is 47.6 Å². The highest BCUT2D eigenvalue weighted by Gasteiger charge is 2.36. The molecular weight excluding hydrogens is 801 g/mol. The van der Waals surface area contributed by atoms with Crippen molar-refractivity contribution >= 4 is 69.4 Å². The molecule has 5 amide bonds. The molecule has 5 rings (SSSR count). The summed E-state index contributed by atoms with van der Waals surface area (Å²) < 4.78 is 50.9. The Bertz CT molecular complexity index is 2000. The second-order valence-electron chi connectivity index (χ2n) is 13.0. The van der Waals surface area contributed by atoms with Gasteiger partial charge in [-0.2, -0.15) is 8.42 Å². The molecule has 0 aromatic heterocycles. The SMILES string of the molecule is CCOC(=O)CCN1CCN(CC2CN(c3ccc(C(=N)NC(=O)OC)cc3)C(=O)O2)CC1=O.COC(=O)NC(=N)c1ccc(N2CC(COS(C)(=O)=O)OC2=O)cc1. The summed E-state index contributed by atoms with van der Waals surface area (Å²) in [5.41, 5.74) is 1.97. The van der Waals surface area contributed by atoms with E-state index in [1.165, 1.54) is 24.0 Å². The lowest BCUT2D eigenvalue weighted by Gasteiger charge is -2.34. The number of rotatable bonds is 13. The average molecular weight is 847 g/mol. The highest BCUT2D eigenvalue weighted by Crippen LogP contribution is 2.24. The first-order valence-corrected chi connectivity index (χ1v) is 19.9. The molecule has 3 aliphatic heterocycles. The molecule has 0 spiro atoms. The molecule has 0 saturated carbocycles. The van der Waals surface area contributed by atoms with Crippen molar-refractivity contribution in [2.24, 2.45) is 0 Å². The Morgan fingerprint density at radius 3 is 1.75 bits per heavy atom. The van der Waals surface area contributed by atoms with Gasteiger partial charge in [0.05, 0.1) is 53.1 Å². The zero-order valence-corrected chi connectivity index (χ0v) is 33.6. The van der Waals surface area contributed by atoms with E-state index in [9.17, 15) is 37.2 Å². The van der Waals surface area contributed by atoms with E-state index in [1.807, 2.05) is 4.90 Å². The fraction of sp³-hybridized carbons (Fsp3) is 0.444. The molecule has 2 aromatic carbocycles. The van der Waals surface area contributed by atoms with E-state index < -0.39 is 46.7 Å². The fourth-order valence-electron chi connectivity index (χ4n) is 5.81. The number of piperazine rings is 1. The molecule has 3 heterocycles. The van der Waals surface area contributed by atoms with Gasteiger partial charge in [0.15, 0.2) is 0 Å². The summed E-state index contributed by atoms with van der Waals surface area (Å²) in [6.07, 6.45) is -2.63. The molecule has 2 aromatic rings. The van der Waals surface area contributed by atoms with Crippen molar-refractivity contribution in [2.75, 3.05) is 89.3 Å². The number of esters is 1. The molecule has 4 N–H and O–H groups in total. The summed E-state index contributed by atoms with van der Waals surface area (Å²) >= 11 is 0. The van der Waals surface area contributed by atoms with E-state index in [2.05, 4.69) is 24.3 Å². The molecule has 0 radical (unpaired) electrons. The molecule has 3 aliphatic rings. The predicted octanol–water partition coefficient (Wildman–Crippen LogP) is 1.46. The summed E-state index contributed by atoms with van der Waals surface area (Å²) in [4.78, 5) is 77.0. The van der Waals surface area contributed by atoms with E-state index in [-0.39, 0.29) is 49.7 Å². The van der Waals surface area contributed by atoms with Gasteiger partial charge in [-0.05, 0) is 55.5 Å². The number of amides is 5. The Hall–Kier alpha value is -6.33. The number of benzene rings is 2. The molecule has 320 valence electrons. The summed E-state index contributed by atoms with van der Waals surface area (Å²) in [5, 5.41) is 20.1. The number of nitrogens with one attached hydrogen (secondary N) is 4. The third kappa shape index (κ3) is 13.6. The zero-order chi connectivity index (χ0) is 43.3. The fourth-order valence-corrected chi connectivity index (χ4v) is 6.21. The Kier molecular flexibility index (Phi) is 16.1. The van der Waals surface area contributed by atoms with E-state index in [4.69, 9.17) is 25.0 Å². The van der Waals surface area contributed by atoms with Crippen LogP contribution in [0.4, 0.5) is 30.6 Å². The van der Waals surface area contributed by atoms with E-state index in [0.717, 1.165) is 6.26 Å². The second kappa shape index (κ2) is 20.9. The number of alkyl carbamates (subject to hydrolysis) is 2. The molecule has 3 saturated heterocycles. The highest BCUT2D eigenvalue weighted by molar-refractivity contribution is 7.85. The molecular formula is C36H46N8O14S. The van der Waals surface area contributed by atoms with Gasteiger partial charge in [-0.25, -0.2) is 19.2 Å². The smallest absolute Gasteiger partial charge is 0.414 e. The van der Waals surface area contributed by atoms with Crippen LogP contribution in [0.15, 0.2) is 48.5 Å². The topological polar surface area (TPSA) is 277 Å². The van der Waals surface area contributed by atoms with E-state index in [1.54, 1.807) is 60.4 Å². The van der Waals surface area contributed by atoms with Gasteiger partial charge in [0.2, 0.25) is 5.91 Å². The van der Waals surface area contributed by atoms with Crippen molar-refractivity contribution in [3.63, 3.8) is 0 Å². The van der Waals surface area contributed by atoms with Crippen molar-refractivity contribution < 1.29 is 65.1 Å². The molecule has 23 heteroatoms. The van der Waals surface area contributed by atoms with Crippen LogP contribution in [0.25, 0.3) is 0 Å². The summed E-state index contributed by atoms with van der Waals surface area (Å²) in [6, 6.07) is 12.8. The monoisotopic (exact) mass is 846 g/mol. The Morgan fingerprint density at radius 2 is 1.29 bits per heavy atom. The van der Waals surface area contributed by atoms with Crippen LogP contribution in [0.1, 0.15) is 24.5 Å². The summed E-state index contributed by atoms with van der Waals surface area (Å²) in [5.74, 6) is -0.663. The Balaban J connectivity index is 0.000000273. The summed E-state index contributed by atoms with van der Waals surface area (Å²) in [7, 11) is -1.22. The molecule has 2 atom stereocenters. The standard InChI is InChI=1S/C22H29N5O7.C14H17N3O7S/c1-3-33-19(29)8-9-26-11-10-25(14-18(26)28)12-17-13-27(22(31)34-17)16-6-4-15(5-7-16)20(23)24-21(30)32-2;1-22-13(18)16-12(15)9-3-5-10(6-4-9)17-7-11(24-14(17)19)8-23-25(2,20)21/h4-7,17H,3,8-14H2,1-2H3,(H2,23,24,30);3-6,11H,7-8H2,1-2H3,(H2,15,16,18). The van der Waals surface area contributed by atoms with Crippen molar-refractivity contribution in [1.29, 1.82) is 10.8 Å². The van der Waals surface area contributed by atoms with Gasteiger partial charge in [-0.3, -0.25) is 49.9 Å². The van der Waals surface area contributed by atoms with Crippen molar-refractivity contribution in [1.82, 2.24) is 20.4 Å². The first-order chi connectivity index (χ1) is 28.0. The Labute approximate surface area is 339 Å². The first kappa shape index (κ1) is 45.4. The van der Waals surface area contributed by atoms with Crippen LogP contribution in [0.3, 0.4) is 0 Å². The van der Waals surface area contributed by atoms with Gasteiger partial charge >= 0.3 is 30.3 Å². The maximum Gasteiger partial charge on any atom is 0.414 e. The number of hydrogen-bond acceptors (Lipinski definition) is 17. The number of ether oxygens (including phenoxy) is 5. The number of carbonyl (C=O) groups excluding carboxylic acids is 6. The largest absolute Gasteiger partial charge is 0.466 e. The van der Waals surface area contributed by atoms with Crippen LogP contribution >= 0.6 is 0 Å². The number of methoxy groups -OCH3 is 2. The van der Waals surface area contributed by atoms with Crippen molar-refractivity contribution in [3.8, 4) is 0 Å². The maximum atomic E-state index is 12.4. The maximum absolute atomic E-state index is 12.4. The second-order valence-corrected chi connectivity index (χ2v) is 14.6. The lowest BCUT2D eigenvalue weighted by atomic mass is 10.1. The lowest BCUT2D eigenvalue weighted by Crippen LogP contribution is -2.52. The minimum absolute atomic E-state index is 0.0738. The van der Waals surface area contributed by atoms with E-state index >= 15 is 0 Å². The molecule has 0 aliphatic carbocycles. The number of carbonyl (C=O) groups is 6. The quantitative estimate of drug-likeness (QED) is 0.0730. The predicted molar refractivity (Wildman–Crippen MR) is 208 cm³/mol. The van der Waals surface area contributed by atoms with Crippen LogP contribution in [0, 0.1) is 10.8 Å². The van der Waals surface area contributed by atoms with Crippen LogP contribution < -0.4 is 20.4 Å². The average Bonchev–Trinajstić information content (AvgIpc) is 3.77. The van der Waals surface area contributed by atoms with Gasteiger partial charge in [0.25, 0.3) is 10.1 Å². The zero-order valence-electron chi connectivity index (χ0n) is 32.8. The van der Waals surface area contributed by atoms with Crippen molar-refractivity contribution in [3.05, 3.63) is 59.7 Å². The minimum Gasteiger partial charge on any atom is -0.466 e. The lowest BCUT2D eigenvalue weighted by molar-refractivity contribution is -0.144. The molecule has 2 unspecified atom stereocenters. The van der Waals surface area contributed by atoms with Gasteiger partial charge in [0.1, 0.15) is 30.5 Å². The number of nitrogens with zero attached hydrogens (tertiary/aromatic N) is 4. The van der Waals surface area contributed by atoms with Crippen LogP contribution in [0.5, 0.6) is 0 Å². The normalized spacial score (nSPS) is 17.9. The van der Waals surface area contributed by atoms with Gasteiger partial charge in [-0.1, -0.05) is 0 Å². The van der Waals surface area contributed by atoms with E-state index in [0.29, 0.717) is 61.8 Å². The first-order valence-electron chi connectivity index (χ1n) is 18.0. The van der Waals surface area contributed by atoms with Gasteiger partial charge < -0.3 is 28.6 Å². The summed E-state index contributed by atoms with van der Waals surface area (Å²) in [6.45, 7) is 4.32. The number of amidine groups is 2. The number of cyclic esters (lactones) is 2. The van der Waals surface area contributed by atoms with Crippen molar-refractivity contribution in [2.45, 2.75) is 25.6 Å². The highest BCUT2D eigenvalue weighted by atomic mass is 32.2. The minimum atomic E-state index is -3.62. The van der Waals surface area contributed by atoms with Gasteiger partial charge in [0, 0.05) is 48.7 Å². The Morgan fingerprint density at radius 1 is 0.797 bits per heavy atom. The third-order valence-corrected chi connectivity index (χ3v) is 9.29. The third-order valence-electron chi connectivity index (χ3n) is 8.73. The molecule has 0 bridgehead atoms. The molecule has 22 nitrogen and oxygen atoms in total. The molecule has 3 fully saturated rings. The molecule has 59 heavy (non-hydrogen) atoms. The number of anilines is 2.